The minimum atomic E-state index is -0.529. The average Bonchev–Trinajstić information content (AvgIpc) is 2.59. The summed E-state index contributed by atoms with van der Waals surface area (Å²) in [7, 11) is 0. The van der Waals surface area contributed by atoms with Crippen LogP contribution in [0.15, 0.2) is 54.6 Å². The van der Waals surface area contributed by atoms with Crippen LogP contribution < -0.4 is 15.6 Å². The monoisotopic (exact) mass is 348 g/mol. The first kappa shape index (κ1) is 17.5. The lowest BCUT2D eigenvalue weighted by Gasteiger charge is -2.07. The van der Waals surface area contributed by atoms with Gasteiger partial charge >= 0.3 is 0 Å². The molecule has 0 atom stereocenters. The molecular formula is C17H14ClFN2O3. The molecule has 0 heterocycles. The van der Waals surface area contributed by atoms with Gasteiger partial charge in [-0.05, 0) is 48.0 Å². The average molecular weight is 349 g/mol. The molecule has 2 N–H and O–H groups in total. The maximum Gasteiger partial charge on any atom is 0.276 e. The van der Waals surface area contributed by atoms with Crippen LogP contribution in [0.1, 0.15) is 5.56 Å². The van der Waals surface area contributed by atoms with Crippen LogP contribution in [0.5, 0.6) is 5.75 Å². The third-order valence-corrected chi connectivity index (χ3v) is 3.06. The molecule has 0 unspecified atom stereocenters. The van der Waals surface area contributed by atoms with Crippen LogP contribution >= 0.6 is 11.6 Å². The second kappa shape index (κ2) is 8.69. The molecule has 0 saturated heterocycles. The largest absolute Gasteiger partial charge is 0.484 e. The molecule has 2 aromatic carbocycles. The Morgan fingerprint density at radius 2 is 1.71 bits per heavy atom. The summed E-state index contributed by atoms with van der Waals surface area (Å²) in [6.45, 7) is -0.260. The van der Waals surface area contributed by atoms with Crippen molar-refractivity contribution in [3.05, 3.63) is 71.0 Å². The fraction of sp³-hybridized carbons (Fsp3) is 0.0588. The van der Waals surface area contributed by atoms with Gasteiger partial charge in [0.1, 0.15) is 11.6 Å². The number of nitrogens with one attached hydrogen (secondary N) is 2. The normalized spacial score (nSPS) is 10.4. The summed E-state index contributed by atoms with van der Waals surface area (Å²) >= 11 is 5.73. The molecule has 0 spiro atoms. The molecule has 0 aliphatic heterocycles. The van der Waals surface area contributed by atoms with Crippen molar-refractivity contribution in [2.75, 3.05) is 6.61 Å². The molecule has 7 heteroatoms. The number of ether oxygens (including phenoxy) is 1. The third kappa shape index (κ3) is 6.10. The zero-order chi connectivity index (χ0) is 17.4. The van der Waals surface area contributed by atoms with E-state index in [0.717, 1.165) is 0 Å². The van der Waals surface area contributed by atoms with Gasteiger partial charge in [-0.1, -0.05) is 23.7 Å². The standard InChI is InChI=1S/C17H14ClFN2O3/c18-13-4-8-15(9-5-13)24-11-17(23)21-20-16(22)10-3-12-1-6-14(19)7-2-12/h1-10H,11H2,(H,20,22)(H,21,23)/b10-3+. The van der Waals surface area contributed by atoms with E-state index in [-0.39, 0.29) is 12.4 Å². The van der Waals surface area contributed by atoms with Gasteiger partial charge in [0.05, 0.1) is 0 Å². The van der Waals surface area contributed by atoms with Crippen molar-refractivity contribution in [1.29, 1.82) is 0 Å². The first-order valence-corrected chi connectivity index (χ1v) is 7.31. The van der Waals surface area contributed by atoms with Crippen LogP contribution in [-0.4, -0.2) is 18.4 Å². The highest BCUT2D eigenvalue weighted by molar-refractivity contribution is 6.30. The molecule has 0 aliphatic rings. The van der Waals surface area contributed by atoms with Crippen LogP contribution in [0, 0.1) is 5.82 Å². The highest BCUT2D eigenvalue weighted by atomic mass is 35.5. The fourth-order valence-electron chi connectivity index (χ4n) is 1.63. The van der Waals surface area contributed by atoms with E-state index in [9.17, 15) is 14.0 Å². The topological polar surface area (TPSA) is 67.4 Å². The van der Waals surface area contributed by atoms with Crippen molar-refractivity contribution >= 4 is 29.5 Å². The summed E-state index contributed by atoms with van der Waals surface area (Å²) < 4.78 is 18.0. The second-order valence-corrected chi connectivity index (χ2v) is 5.10. The number of carbonyl (C=O) groups is 2. The molecular weight excluding hydrogens is 335 g/mol. The number of hydrogen-bond acceptors (Lipinski definition) is 3. The van der Waals surface area contributed by atoms with E-state index in [4.69, 9.17) is 16.3 Å². The lowest BCUT2D eigenvalue weighted by Crippen LogP contribution is -2.43. The lowest BCUT2D eigenvalue weighted by atomic mass is 10.2. The van der Waals surface area contributed by atoms with Crippen LogP contribution in [0.2, 0.25) is 5.02 Å². The summed E-state index contributed by atoms with van der Waals surface area (Å²) in [6, 6.07) is 12.1. The molecule has 5 nitrogen and oxygen atoms in total. The highest BCUT2D eigenvalue weighted by Gasteiger charge is 2.04. The number of rotatable bonds is 5. The zero-order valence-corrected chi connectivity index (χ0v) is 13.2. The molecule has 2 amide bonds. The molecule has 0 radical (unpaired) electrons. The maximum absolute atomic E-state index is 12.7. The van der Waals surface area contributed by atoms with Gasteiger partial charge in [-0.3, -0.25) is 20.4 Å². The maximum atomic E-state index is 12.7. The SMILES string of the molecule is O=C(/C=C/c1ccc(F)cc1)NNC(=O)COc1ccc(Cl)cc1. The number of amides is 2. The number of carbonyl (C=O) groups excluding carboxylic acids is 2. The van der Waals surface area contributed by atoms with Crippen LogP contribution in [0.4, 0.5) is 4.39 Å². The zero-order valence-electron chi connectivity index (χ0n) is 12.5. The van der Waals surface area contributed by atoms with Crippen molar-refractivity contribution in [3.63, 3.8) is 0 Å². The number of hydrazine groups is 1. The number of halogens is 2. The summed E-state index contributed by atoms with van der Waals surface area (Å²) in [5, 5.41) is 0.562. The van der Waals surface area contributed by atoms with Crippen molar-refractivity contribution in [2.45, 2.75) is 0 Å². The summed E-state index contributed by atoms with van der Waals surface area (Å²) in [6.07, 6.45) is 2.71. The van der Waals surface area contributed by atoms with Gasteiger partial charge in [-0.25, -0.2) is 4.39 Å². The number of benzene rings is 2. The summed E-state index contributed by atoms with van der Waals surface area (Å²) in [5.74, 6) is -0.922. The molecule has 0 aliphatic carbocycles. The van der Waals surface area contributed by atoms with E-state index < -0.39 is 11.8 Å². The molecule has 124 valence electrons. The Kier molecular flexibility index (Phi) is 6.33. The van der Waals surface area contributed by atoms with Gasteiger partial charge in [0.25, 0.3) is 11.8 Å². The van der Waals surface area contributed by atoms with Gasteiger partial charge in [0.15, 0.2) is 6.61 Å². The smallest absolute Gasteiger partial charge is 0.276 e. The predicted octanol–water partition coefficient (Wildman–Crippen LogP) is 2.72. The van der Waals surface area contributed by atoms with Crippen LogP contribution in [0.3, 0.4) is 0 Å². The Morgan fingerprint density at radius 3 is 2.38 bits per heavy atom. The van der Waals surface area contributed by atoms with E-state index in [1.54, 1.807) is 24.3 Å². The van der Waals surface area contributed by atoms with Crippen LogP contribution in [-0.2, 0) is 9.59 Å². The van der Waals surface area contributed by atoms with Crippen LogP contribution in [0.25, 0.3) is 6.08 Å². The van der Waals surface area contributed by atoms with Gasteiger partial charge in [0.2, 0.25) is 0 Å². The lowest BCUT2D eigenvalue weighted by molar-refractivity contribution is -0.128. The molecule has 0 aromatic heterocycles. The quantitative estimate of drug-likeness (QED) is 0.645. The first-order valence-electron chi connectivity index (χ1n) is 6.94. The minimum Gasteiger partial charge on any atom is -0.484 e. The van der Waals surface area contributed by atoms with E-state index in [1.165, 1.54) is 36.4 Å². The van der Waals surface area contributed by atoms with E-state index >= 15 is 0 Å². The van der Waals surface area contributed by atoms with Gasteiger partial charge < -0.3 is 4.74 Å². The Labute approximate surface area is 143 Å². The Morgan fingerprint density at radius 1 is 1.04 bits per heavy atom. The van der Waals surface area contributed by atoms with E-state index in [2.05, 4.69) is 10.9 Å². The van der Waals surface area contributed by atoms with Crippen molar-refractivity contribution in [3.8, 4) is 5.75 Å². The van der Waals surface area contributed by atoms with Crippen molar-refractivity contribution < 1.29 is 18.7 Å². The predicted molar refractivity (Wildman–Crippen MR) is 88.7 cm³/mol. The number of hydrogen-bond donors (Lipinski definition) is 2. The van der Waals surface area contributed by atoms with Gasteiger partial charge in [-0.2, -0.15) is 0 Å². The molecule has 2 aromatic rings. The Balaban J connectivity index is 1.71. The summed E-state index contributed by atoms with van der Waals surface area (Å²) in [5.41, 5.74) is 5.07. The molecule has 24 heavy (non-hydrogen) atoms. The van der Waals surface area contributed by atoms with Crippen molar-refractivity contribution in [1.82, 2.24) is 10.9 Å². The molecule has 0 bridgehead atoms. The van der Waals surface area contributed by atoms with Crippen molar-refractivity contribution in [2.24, 2.45) is 0 Å². The highest BCUT2D eigenvalue weighted by Crippen LogP contribution is 2.15. The molecule has 0 saturated carbocycles. The minimum absolute atomic E-state index is 0.260. The Bertz CT molecular complexity index is 731. The second-order valence-electron chi connectivity index (χ2n) is 4.66. The molecule has 2 rings (SSSR count). The fourth-order valence-corrected chi connectivity index (χ4v) is 1.76. The summed E-state index contributed by atoms with van der Waals surface area (Å²) in [4.78, 5) is 23.1. The van der Waals surface area contributed by atoms with E-state index in [1.807, 2.05) is 0 Å². The third-order valence-electron chi connectivity index (χ3n) is 2.81. The first-order chi connectivity index (χ1) is 11.5. The molecule has 0 fully saturated rings. The Hall–Kier alpha value is -2.86. The van der Waals surface area contributed by atoms with Gasteiger partial charge in [-0.15, -0.1) is 0 Å². The van der Waals surface area contributed by atoms with E-state index in [0.29, 0.717) is 16.3 Å². The van der Waals surface area contributed by atoms with Gasteiger partial charge in [0, 0.05) is 11.1 Å².